The average Bonchev–Trinajstić information content (AvgIpc) is 3.19. The van der Waals surface area contributed by atoms with Gasteiger partial charge in [0.05, 0.1) is 23.1 Å². The Hall–Kier alpha value is -3.16. The van der Waals surface area contributed by atoms with Crippen LogP contribution in [-0.2, 0) is 11.2 Å². The van der Waals surface area contributed by atoms with E-state index in [4.69, 9.17) is 4.74 Å². The molecule has 7 heteroatoms. The molecule has 34 heavy (non-hydrogen) atoms. The molecule has 1 aromatic heterocycles. The van der Waals surface area contributed by atoms with Gasteiger partial charge in [-0.15, -0.1) is 11.3 Å². The topological polar surface area (TPSA) is 70.7 Å². The first kappa shape index (κ1) is 22.6. The molecule has 2 amide bonds. The van der Waals surface area contributed by atoms with E-state index in [1.807, 2.05) is 48.5 Å². The number of carbonyl (C=O) groups is 2. The minimum absolute atomic E-state index is 0.0758. The third-order valence-electron chi connectivity index (χ3n) is 6.28. The van der Waals surface area contributed by atoms with E-state index in [0.717, 1.165) is 51.8 Å². The molecule has 0 unspecified atom stereocenters. The third kappa shape index (κ3) is 4.72. The summed E-state index contributed by atoms with van der Waals surface area (Å²) in [6.45, 7) is 7.30. The van der Waals surface area contributed by atoms with Gasteiger partial charge >= 0.3 is 6.03 Å². The molecule has 1 aliphatic carbocycles. The van der Waals surface area contributed by atoms with Crippen molar-refractivity contribution in [2.24, 2.45) is 5.41 Å². The van der Waals surface area contributed by atoms with Crippen LogP contribution in [0, 0.1) is 5.41 Å². The number of para-hydroxylation sites is 1. The molecule has 6 nitrogen and oxygen atoms in total. The summed E-state index contributed by atoms with van der Waals surface area (Å²) in [5.41, 5.74) is 4.64. The molecule has 0 atom stereocenters. The van der Waals surface area contributed by atoms with Crippen LogP contribution in [0.2, 0.25) is 0 Å². The van der Waals surface area contributed by atoms with Crippen molar-refractivity contribution in [3.8, 4) is 11.1 Å². The summed E-state index contributed by atoms with van der Waals surface area (Å²) in [6, 6.07) is 17.0. The lowest BCUT2D eigenvalue weighted by atomic mass is 9.75. The van der Waals surface area contributed by atoms with Crippen LogP contribution in [0.1, 0.15) is 35.5 Å². The van der Waals surface area contributed by atoms with Gasteiger partial charge in [0.15, 0.2) is 5.78 Å². The fourth-order valence-electron chi connectivity index (χ4n) is 4.76. The molecule has 1 fully saturated rings. The Balaban J connectivity index is 1.50. The van der Waals surface area contributed by atoms with E-state index in [9.17, 15) is 9.59 Å². The van der Waals surface area contributed by atoms with Crippen LogP contribution in [-0.4, -0.2) is 38.1 Å². The number of morpholine rings is 1. The van der Waals surface area contributed by atoms with E-state index in [0.29, 0.717) is 25.3 Å². The van der Waals surface area contributed by atoms with Gasteiger partial charge < -0.3 is 20.3 Å². The van der Waals surface area contributed by atoms with Gasteiger partial charge in [-0.2, -0.15) is 0 Å². The number of hydrogen-bond donors (Lipinski definition) is 2. The minimum atomic E-state index is -0.291. The quantitative estimate of drug-likeness (QED) is 0.482. The van der Waals surface area contributed by atoms with Crippen LogP contribution in [0.25, 0.3) is 11.1 Å². The number of amides is 2. The van der Waals surface area contributed by atoms with Crippen molar-refractivity contribution in [1.82, 2.24) is 0 Å². The maximum Gasteiger partial charge on any atom is 0.323 e. The Morgan fingerprint density at radius 1 is 0.971 bits per heavy atom. The first-order valence-electron chi connectivity index (χ1n) is 11.6. The molecule has 176 valence electrons. The van der Waals surface area contributed by atoms with Crippen LogP contribution in [0.3, 0.4) is 0 Å². The maximum atomic E-state index is 13.1. The summed E-state index contributed by atoms with van der Waals surface area (Å²) in [5, 5.41) is 6.94. The molecule has 2 N–H and O–H groups in total. The second-order valence-corrected chi connectivity index (χ2v) is 10.7. The van der Waals surface area contributed by atoms with E-state index < -0.39 is 0 Å². The van der Waals surface area contributed by atoms with Crippen LogP contribution in [0.5, 0.6) is 0 Å². The number of nitrogens with zero attached hydrogens (tertiary/aromatic N) is 1. The standard InChI is InChI=1S/C27H29N3O3S/c1-27(2)16-21-23(25(30-11-13-33-14-12-30)34-24(21)22(31)17-27)18-7-6-10-20(15-18)29-26(32)28-19-8-4-3-5-9-19/h3-10,15H,11-14,16-17H2,1-2H3,(H2,28,29,32). The zero-order chi connectivity index (χ0) is 23.7. The molecule has 0 bridgehead atoms. The minimum Gasteiger partial charge on any atom is -0.378 e. The predicted octanol–water partition coefficient (Wildman–Crippen LogP) is 6.05. The lowest BCUT2D eigenvalue weighted by Crippen LogP contribution is -2.36. The van der Waals surface area contributed by atoms with E-state index in [1.54, 1.807) is 11.3 Å². The fourth-order valence-corrected chi connectivity index (χ4v) is 6.09. The molecule has 0 spiro atoms. The summed E-state index contributed by atoms with van der Waals surface area (Å²) in [7, 11) is 0. The maximum absolute atomic E-state index is 13.1. The number of Topliss-reactive ketones (excluding diaryl/α,β-unsaturated/α-hetero) is 1. The Morgan fingerprint density at radius 3 is 2.44 bits per heavy atom. The highest BCUT2D eigenvalue weighted by atomic mass is 32.1. The molecule has 2 heterocycles. The number of rotatable bonds is 4. The number of ether oxygens (including phenoxy) is 1. The number of carbonyl (C=O) groups excluding carboxylic acids is 2. The number of ketones is 1. The Kier molecular flexibility index (Phi) is 6.15. The molecule has 1 saturated heterocycles. The van der Waals surface area contributed by atoms with E-state index in [2.05, 4.69) is 35.4 Å². The largest absolute Gasteiger partial charge is 0.378 e. The highest BCUT2D eigenvalue weighted by Crippen LogP contribution is 2.49. The van der Waals surface area contributed by atoms with Gasteiger partial charge in [0.25, 0.3) is 0 Å². The fraction of sp³-hybridized carbons (Fsp3) is 0.333. The normalized spacial score (nSPS) is 17.2. The van der Waals surface area contributed by atoms with Gasteiger partial charge in [-0.1, -0.05) is 44.2 Å². The zero-order valence-corrected chi connectivity index (χ0v) is 20.3. The molecular formula is C27H29N3O3S. The third-order valence-corrected chi connectivity index (χ3v) is 7.61. The van der Waals surface area contributed by atoms with E-state index in [1.165, 1.54) is 0 Å². The molecule has 1 aliphatic heterocycles. The van der Waals surface area contributed by atoms with Crippen molar-refractivity contribution in [1.29, 1.82) is 0 Å². The number of hydrogen-bond acceptors (Lipinski definition) is 5. The highest BCUT2D eigenvalue weighted by molar-refractivity contribution is 7.19. The van der Waals surface area contributed by atoms with E-state index in [-0.39, 0.29) is 17.2 Å². The second-order valence-electron chi connectivity index (χ2n) is 9.66. The van der Waals surface area contributed by atoms with Crippen molar-refractivity contribution >= 4 is 39.5 Å². The number of urea groups is 1. The van der Waals surface area contributed by atoms with Gasteiger partial charge in [0, 0.05) is 36.4 Å². The number of anilines is 3. The van der Waals surface area contributed by atoms with Crippen molar-refractivity contribution < 1.29 is 14.3 Å². The Morgan fingerprint density at radius 2 is 1.68 bits per heavy atom. The van der Waals surface area contributed by atoms with Gasteiger partial charge in [-0.25, -0.2) is 4.79 Å². The Labute approximate surface area is 203 Å². The zero-order valence-electron chi connectivity index (χ0n) is 19.5. The Bertz CT molecular complexity index is 1210. The molecule has 2 aliphatic rings. The summed E-state index contributed by atoms with van der Waals surface area (Å²) >= 11 is 1.61. The van der Waals surface area contributed by atoms with Crippen molar-refractivity contribution in [2.75, 3.05) is 41.8 Å². The monoisotopic (exact) mass is 475 g/mol. The first-order valence-corrected chi connectivity index (χ1v) is 12.5. The number of nitrogens with one attached hydrogen (secondary N) is 2. The van der Waals surface area contributed by atoms with Gasteiger partial charge in [0.2, 0.25) is 0 Å². The molecule has 0 radical (unpaired) electrons. The van der Waals surface area contributed by atoms with Gasteiger partial charge in [-0.3, -0.25) is 4.79 Å². The van der Waals surface area contributed by atoms with Crippen LogP contribution < -0.4 is 15.5 Å². The summed E-state index contributed by atoms with van der Waals surface area (Å²) < 4.78 is 5.58. The SMILES string of the molecule is CC1(C)CC(=O)c2sc(N3CCOCC3)c(-c3cccc(NC(=O)Nc4ccccc4)c3)c2C1. The number of thiophene rings is 1. The molecule has 5 rings (SSSR count). The second kappa shape index (κ2) is 9.24. The van der Waals surface area contributed by atoms with Crippen molar-refractivity contribution in [3.63, 3.8) is 0 Å². The summed E-state index contributed by atoms with van der Waals surface area (Å²) in [5.74, 6) is 0.230. The molecular weight excluding hydrogens is 446 g/mol. The summed E-state index contributed by atoms with van der Waals surface area (Å²) in [6.07, 6.45) is 1.43. The van der Waals surface area contributed by atoms with Crippen LogP contribution >= 0.6 is 11.3 Å². The molecule has 2 aromatic carbocycles. The smallest absolute Gasteiger partial charge is 0.323 e. The number of fused-ring (bicyclic) bond motifs is 1. The number of benzene rings is 2. The first-order chi connectivity index (χ1) is 16.4. The molecule has 3 aromatic rings. The summed E-state index contributed by atoms with van der Waals surface area (Å²) in [4.78, 5) is 28.9. The van der Waals surface area contributed by atoms with E-state index >= 15 is 0 Å². The lowest BCUT2D eigenvalue weighted by molar-refractivity contribution is 0.0918. The average molecular weight is 476 g/mol. The predicted molar refractivity (Wildman–Crippen MR) is 138 cm³/mol. The van der Waals surface area contributed by atoms with Gasteiger partial charge in [-0.05, 0) is 47.2 Å². The van der Waals surface area contributed by atoms with Crippen LogP contribution in [0.4, 0.5) is 21.2 Å². The highest BCUT2D eigenvalue weighted by Gasteiger charge is 2.37. The van der Waals surface area contributed by atoms with Crippen LogP contribution in [0.15, 0.2) is 54.6 Å². The van der Waals surface area contributed by atoms with Crippen molar-refractivity contribution in [2.45, 2.75) is 26.7 Å². The lowest BCUT2D eigenvalue weighted by Gasteiger charge is -2.30. The van der Waals surface area contributed by atoms with Gasteiger partial charge in [0.1, 0.15) is 0 Å². The van der Waals surface area contributed by atoms with Crippen molar-refractivity contribution in [3.05, 3.63) is 65.0 Å². The molecule has 0 saturated carbocycles.